The molecular weight excluding hydrogens is 453 g/mol. The first kappa shape index (κ1) is 14.3. The molecule has 3 rings (SSSR count). The van der Waals surface area contributed by atoms with E-state index in [1.165, 1.54) is 0 Å². The summed E-state index contributed by atoms with van der Waals surface area (Å²) < 4.78 is 2.97. The third-order valence-electron chi connectivity index (χ3n) is 2.95. The molecule has 3 heterocycles. The van der Waals surface area contributed by atoms with E-state index in [4.69, 9.17) is 5.11 Å². The van der Waals surface area contributed by atoms with Crippen LogP contribution in [0.3, 0.4) is 0 Å². The van der Waals surface area contributed by atoms with Crippen LogP contribution in [-0.2, 0) is 6.61 Å². The van der Waals surface area contributed by atoms with Crippen LogP contribution in [0.25, 0.3) is 22.2 Å². The van der Waals surface area contributed by atoms with E-state index < -0.39 is 0 Å². The Kier molecular flexibility index (Phi) is 4.29. The van der Waals surface area contributed by atoms with Crippen molar-refractivity contribution in [3.63, 3.8) is 0 Å². The third kappa shape index (κ3) is 2.59. The second kappa shape index (κ2) is 6.00. The Balaban J connectivity index is 2.21. The molecule has 0 unspecified atom stereocenters. The summed E-state index contributed by atoms with van der Waals surface area (Å²) >= 11 is 5.70. The molecule has 7 heteroatoms. The summed E-state index contributed by atoms with van der Waals surface area (Å²) in [6, 6.07) is 5.86. The van der Waals surface area contributed by atoms with Crippen molar-refractivity contribution < 1.29 is 5.11 Å². The van der Waals surface area contributed by atoms with Crippen molar-refractivity contribution in [2.45, 2.75) is 6.61 Å². The molecule has 0 saturated carbocycles. The quantitative estimate of drug-likeness (QED) is 0.594. The fourth-order valence-electron chi connectivity index (χ4n) is 2.01. The van der Waals surface area contributed by atoms with Crippen molar-refractivity contribution in [3.05, 3.63) is 47.0 Å². The summed E-state index contributed by atoms with van der Waals surface area (Å²) in [4.78, 5) is 8.70. The summed E-state index contributed by atoms with van der Waals surface area (Å²) in [5.74, 6) is 0. The molecule has 0 spiro atoms. The van der Waals surface area contributed by atoms with Crippen molar-refractivity contribution in [3.8, 4) is 11.1 Å². The Morgan fingerprint density at radius 3 is 2.80 bits per heavy atom. The highest BCUT2D eigenvalue weighted by atomic mass is 127. The monoisotopic (exact) mass is 461 g/mol. The first-order valence-corrected chi connectivity index (χ1v) is 9.85. The molecule has 0 saturated heterocycles. The van der Waals surface area contributed by atoms with Gasteiger partial charge in [0.15, 0.2) is 5.65 Å². The number of aliphatic hydroxyl groups is 1. The number of fused-ring (bicyclic) bond motifs is 1. The van der Waals surface area contributed by atoms with E-state index in [1.807, 2.05) is 16.1 Å². The number of rotatable bonds is 3. The lowest BCUT2D eigenvalue weighted by atomic mass is 10.1. The molecular formula is C13H9BrIN3OS. The van der Waals surface area contributed by atoms with Gasteiger partial charge in [0, 0.05) is 69.9 Å². The van der Waals surface area contributed by atoms with Gasteiger partial charge >= 0.3 is 0 Å². The first-order valence-electron chi connectivity index (χ1n) is 5.75. The Bertz CT molecular complexity index is 760. The van der Waals surface area contributed by atoms with Crippen LogP contribution < -0.4 is 0 Å². The van der Waals surface area contributed by atoms with Gasteiger partial charge < -0.3 is 5.11 Å². The van der Waals surface area contributed by atoms with Crippen LogP contribution in [0.15, 0.2) is 41.3 Å². The van der Waals surface area contributed by atoms with Crippen molar-refractivity contribution in [1.29, 1.82) is 0 Å². The van der Waals surface area contributed by atoms with Gasteiger partial charge in [-0.05, 0) is 28.1 Å². The third-order valence-corrected chi connectivity index (χ3v) is 5.08. The fourth-order valence-corrected chi connectivity index (χ4v) is 3.60. The minimum Gasteiger partial charge on any atom is -0.390 e. The minimum absolute atomic E-state index is 0.0429. The second-order valence-corrected chi connectivity index (χ2v) is 6.79. The normalized spacial score (nSPS) is 11.2. The van der Waals surface area contributed by atoms with Crippen molar-refractivity contribution in [2.75, 3.05) is 0 Å². The highest BCUT2D eigenvalue weighted by molar-refractivity contribution is 14.2. The highest BCUT2D eigenvalue weighted by Crippen LogP contribution is 2.34. The lowest BCUT2D eigenvalue weighted by molar-refractivity contribution is 0.277. The summed E-state index contributed by atoms with van der Waals surface area (Å²) in [5, 5.41) is 10.1. The van der Waals surface area contributed by atoms with Gasteiger partial charge in [-0.25, -0.2) is 4.98 Å². The molecule has 0 amide bonds. The van der Waals surface area contributed by atoms with Crippen LogP contribution in [0.2, 0.25) is 0 Å². The van der Waals surface area contributed by atoms with Gasteiger partial charge in [0.25, 0.3) is 0 Å². The number of halogens is 2. The van der Waals surface area contributed by atoms with Gasteiger partial charge in [0.1, 0.15) is 0 Å². The topological polar surface area (TPSA) is 50.9 Å². The standard InChI is InChI=1S/C13H9BrIN3OS/c14-9-3-11-12(6-18(20-15)13(11)17-5-9)8-1-2-10(7-19)16-4-8/h1-6,19H,7H2. The Labute approximate surface area is 140 Å². The van der Waals surface area contributed by atoms with Gasteiger partial charge in [0.2, 0.25) is 0 Å². The largest absolute Gasteiger partial charge is 0.390 e. The van der Waals surface area contributed by atoms with Gasteiger partial charge in [-0.3, -0.25) is 8.96 Å². The van der Waals surface area contributed by atoms with E-state index in [-0.39, 0.29) is 6.61 Å². The number of aliphatic hydroxyl groups excluding tert-OH is 1. The molecule has 0 aliphatic rings. The zero-order chi connectivity index (χ0) is 14.1. The zero-order valence-corrected chi connectivity index (χ0v) is 14.7. The van der Waals surface area contributed by atoms with Crippen molar-refractivity contribution in [2.24, 2.45) is 0 Å². The van der Waals surface area contributed by atoms with Crippen LogP contribution in [0.1, 0.15) is 5.69 Å². The van der Waals surface area contributed by atoms with E-state index in [0.717, 1.165) is 26.6 Å². The summed E-state index contributed by atoms with van der Waals surface area (Å²) in [6.07, 6.45) is 5.63. The molecule has 0 aliphatic heterocycles. The lowest BCUT2D eigenvalue weighted by Crippen LogP contribution is -1.88. The molecule has 0 aromatic carbocycles. The van der Waals surface area contributed by atoms with Crippen LogP contribution in [0, 0.1) is 0 Å². The number of nitrogens with zero attached hydrogens (tertiary/aromatic N) is 3. The van der Waals surface area contributed by atoms with Crippen LogP contribution >= 0.6 is 46.3 Å². The molecule has 0 bridgehead atoms. The first-order chi connectivity index (χ1) is 9.72. The van der Waals surface area contributed by atoms with Crippen LogP contribution in [-0.4, -0.2) is 19.0 Å². The van der Waals surface area contributed by atoms with Crippen molar-refractivity contribution in [1.82, 2.24) is 13.9 Å². The maximum absolute atomic E-state index is 9.06. The maximum Gasteiger partial charge on any atom is 0.151 e. The van der Waals surface area contributed by atoms with Gasteiger partial charge in [-0.15, -0.1) is 0 Å². The summed E-state index contributed by atoms with van der Waals surface area (Å²) in [7, 11) is 1.58. The Morgan fingerprint density at radius 2 is 2.15 bits per heavy atom. The highest BCUT2D eigenvalue weighted by Gasteiger charge is 2.12. The molecule has 102 valence electrons. The number of hydrogen-bond donors (Lipinski definition) is 1. The van der Waals surface area contributed by atoms with Gasteiger partial charge in [0.05, 0.1) is 12.3 Å². The molecule has 0 aliphatic carbocycles. The number of pyridine rings is 2. The molecule has 0 atom stereocenters. The number of hydrogen-bond acceptors (Lipinski definition) is 4. The lowest BCUT2D eigenvalue weighted by Gasteiger charge is -2.00. The fraction of sp³-hybridized carbons (Fsp3) is 0.0769. The molecule has 3 aromatic heterocycles. The molecule has 0 fully saturated rings. The maximum atomic E-state index is 9.06. The van der Waals surface area contributed by atoms with E-state index in [0.29, 0.717) is 5.69 Å². The van der Waals surface area contributed by atoms with E-state index in [2.05, 4.69) is 59.4 Å². The van der Waals surface area contributed by atoms with Crippen LogP contribution in [0.4, 0.5) is 0 Å². The summed E-state index contributed by atoms with van der Waals surface area (Å²) in [5.41, 5.74) is 3.68. The van der Waals surface area contributed by atoms with E-state index in [9.17, 15) is 0 Å². The van der Waals surface area contributed by atoms with Crippen LogP contribution in [0.5, 0.6) is 0 Å². The molecule has 20 heavy (non-hydrogen) atoms. The van der Waals surface area contributed by atoms with Gasteiger partial charge in [-0.1, -0.05) is 6.07 Å². The minimum atomic E-state index is -0.0429. The predicted octanol–water partition coefficient (Wildman–Crippen LogP) is 4.20. The van der Waals surface area contributed by atoms with Gasteiger partial charge in [-0.2, -0.15) is 0 Å². The average Bonchev–Trinajstić information content (AvgIpc) is 2.85. The Hall–Kier alpha value is -0.640. The average molecular weight is 462 g/mol. The molecule has 3 aromatic rings. The second-order valence-electron chi connectivity index (χ2n) is 4.16. The van der Waals surface area contributed by atoms with E-state index in [1.54, 1.807) is 21.5 Å². The number of aromatic nitrogens is 3. The smallest absolute Gasteiger partial charge is 0.151 e. The Morgan fingerprint density at radius 1 is 1.30 bits per heavy atom. The van der Waals surface area contributed by atoms with Crippen molar-refractivity contribution >= 4 is 57.3 Å². The van der Waals surface area contributed by atoms with E-state index >= 15 is 0 Å². The molecule has 1 N–H and O–H groups in total. The molecule has 0 radical (unpaired) electrons. The predicted molar refractivity (Wildman–Crippen MR) is 93.6 cm³/mol. The summed E-state index contributed by atoms with van der Waals surface area (Å²) in [6.45, 7) is -0.0429. The molecule has 4 nitrogen and oxygen atoms in total. The zero-order valence-electron chi connectivity index (χ0n) is 10.1. The SMILES string of the molecule is OCc1ccc(-c2cn(SI)c3ncc(Br)cc23)cn1.